The molecule has 1 saturated heterocycles. The van der Waals surface area contributed by atoms with Crippen molar-refractivity contribution in [3.63, 3.8) is 0 Å². The van der Waals surface area contributed by atoms with Crippen LogP contribution < -0.4 is 5.32 Å². The highest BCUT2D eigenvalue weighted by Gasteiger charge is 2.21. The summed E-state index contributed by atoms with van der Waals surface area (Å²) in [5, 5.41) is 3.41. The van der Waals surface area contributed by atoms with E-state index in [4.69, 9.17) is 0 Å². The second kappa shape index (κ2) is 5.07. The maximum absolute atomic E-state index is 4.22. The van der Waals surface area contributed by atoms with Crippen LogP contribution in [0.25, 0.3) is 0 Å². The summed E-state index contributed by atoms with van der Waals surface area (Å²) >= 11 is 0. The number of anilines is 1. The Bertz CT molecular complexity index is 288. The molecule has 1 aliphatic heterocycles. The SMILES string of the molecule is CCCN1CC[C@H](Nc2cnccn2)C1. The van der Waals surface area contributed by atoms with Gasteiger partial charge in [-0.15, -0.1) is 0 Å². The summed E-state index contributed by atoms with van der Waals surface area (Å²) in [7, 11) is 0. The summed E-state index contributed by atoms with van der Waals surface area (Å²) < 4.78 is 0. The first-order valence-electron chi connectivity index (χ1n) is 5.63. The van der Waals surface area contributed by atoms with Gasteiger partial charge < -0.3 is 10.2 Å². The summed E-state index contributed by atoms with van der Waals surface area (Å²) in [6.07, 6.45) is 7.64. The Balaban J connectivity index is 1.82. The minimum Gasteiger partial charge on any atom is -0.365 e. The van der Waals surface area contributed by atoms with Crippen molar-refractivity contribution in [3.8, 4) is 0 Å². The van der Waals surface area contributed by atoms with Crippen LogP contribution in [-0.2, 0) is 0 Å². The van der Waals surface area contributed by atoms with E-state index in [0.717, 1.165) is 12.4 Å². The van der Waals surface area contributed by atoms with E-state index in [2.05, 4.69) is 27.1 Å². The Morgan fingerprint density at radius 1 is 1.53 bits per heavy atom. The van der Waals surface area contributed by atoms with Gasteiger partial charge in [-0.2, -0.15) is 0 Å². The lowest BCUT2D eigenvalue weighted by Gasteiger charge is -2.15. The Labute approximate surface area is 90.7 Å². The molecule has 1 N–H and O–H groups in total. The zero-order chi connectivity index (χ0) is 10.5. The van der Waals surface area contributed by atoms with Crippen LogP contribution in [0.4, 0.5) is 5.82 Å². The number of hydrogen-bond donors (Lipinski definition) is 1. The fourth-order valence-electron chi connectivity index (χ4n) is 2.05. The second-order valence-electron chi connectivity index (χ2n) is 4.02. The monoisotopic (exact) mass is 206 g/mol. The molecule has 1 atom stereocenters. The van der Waals surface area contributed by atoms with Crippen LogP contribution in [-0.4, -0.2) is 40.5 Å². The van der Waals surface area contributed by atoms with Gasteiger partial charge in [0.25, 0.3) is 0 Å². The molecule has 0 amide bonds. The third-order valence-corrected chi connectivity index (χ3v) is 2.73. The standard InChI is InChI=1S/C11H18N4/c1-2-6-15-7-3-10(9-15)14-11-8-12-4-5-13-11/h4-5,8,10H,2-3,6-7,9H2,1H3,(H,13,14)/t10-/m0/s1. The van der Waals surface area contributed by atoms with E-state index in [0.29, 0.717) is 6.04 Å². The lowest BCUT2D eigenvalue weighted by atomic mass is 10.3. The maximum Gasteiger partial charge on any atom is 0.144 e. The van der Waals surface area contributed by atoms with Crippen molar-refractivity contribution in [1.29, 1.82) is 0 Å². The second-order valence-corrected chi connectivity index (χ2v) is 4.02. The summed E-state index contributed by atoms with van der Waals surface area (Å²) in [6.45, 7) is 5.76. The maximum atomic E-state index is 4.22. The molecule has 82 valence electrons. The molecule has 1 aromatic heterocycles. The van der Waals surface area contributed by atoms with E-state index < -0.39 is 0 Å². The highest BCUT2D eigenvalue weighted by atomic mass is 15.2. The van der Waals surface area contributed by atoms with Gasteiger partial charge in [-0.25, -0.2) is 4.98 Å². The Morgan fingerprint density at radius 3 is 3.20 bits per heavy atom. The van der Waals surface area contributed by atoms with Crippen LogP contribution in [0.3, 0.4) is 0 Å². The first-order chi connectivity index (χ1) is 7.38. The number of aromatic nitrogens is 2. The number of likely N-dealkylation sites (tertiary alicyclic amines) is 1. The van der Waals surface area contributed by atoms with Gasteiger partial charge >= 0.3 is 0 Å². The minimum absolute atomic E-state index is 0.535. The van der Waals surface area contributed by atoms with Gasteiger partial charge in [-0.3, -0.25) is 4.98 Å². The van der Waals surface area contributed by atoms with Crippen molar-refractivity contribution in [2.24, 2.45) is 0 Å². The molecule has 0 radical (unpaired) electrons. The molecule has 1 aromatic rings. The van der Waals surface area contributed by atoms with Crippen LogP contribution in [0.15, 0.2) is 18.6 Å². The summed E-state index contributed by atoms with van der Waals surface area (Å²) in [5.74, 6) is 0.890. The molecule has 0 aromatic carbocycles. The van der Waals surface area contributed by atoms with Gasteiger partial charge in [0.1, 0.15) is 5.82 Å². The smallest absolute Gasteiger partial charge is 0.144 e. The van der Waals surface area contributed by atoms with Crippen molar-refractivity contribution < 1.29 is 0 Å². The van der Waals surface area contributed by atoms with Crippen LogP contribution in [0.2, 0.25) is 0 Å². The van der Waals surface area contributed by atoms with E-state index >= 15 is 0 Å². The number of nitrogens with zero attached hydrogens (tertiary/aromatic N) is 3. The van der Waals surface area contributed by atoms with Gasteiger partial charge in [0.15, 0.2) is 0 Å². The molecule has 0 aliphatic carbocycles. The van der Waals surface area contributed by atoms with Gasteiger partial charge in [0.05, 0.1) is 6.20 Å². The molecule has 1 fully saturated rings. The van der Waals surface area contributed by atoms with Gasteiger partial charge in [0, 0.05) is 31.5 Å². The molecule has 0 unspecified atom stereocenters. The first kappa shape index (κ1) is 10.4. The lowest BCUT2D eigenvalue weighted by Crippen LogP contribution is -2.27. The zero-order valence-corrected chi connectivity index (χ0v) is 9.19. The van der Waals surface area contributed by atoms with Crippen LogP contribution in [0, 0.1) is 0 Å². The van der Waals surface area contributed by atoms with Gasteiger partial charge in [-0.05, 0) is 19.4 Å². The van der Waals surface area contributed by atoms with Crippen LogP contribution >= 0.6 is 0 Å². The molecule has 0 saturated carbocycles. The van der Waals surface area contributed by atoms with Crippen molar-refractivity contribution in [3.05, 3.63) is 18.6 Å². The number of rotatable bonds is 4. The normalized spacial score (nSPS) is 21.8. The number of nitrogens with one attached hydrogen (secondary N) is 1. The van der Waals surface area contributed by atoms with E-state index in [1.807, 2.05) is 0 Å². The predicted octanol–water partition coefficient (Wildman–Crippen LogP) is 1.37. The number of hydrogen-bond acceptors (Lipinski definition) is 4. The minimum atomic E-state index is 0.535. The fourth-order valence-corrected chi connectivity index (χ4v) is 2.05. The molecule has 0 bridgehead atoms. The zero-order valence-electron chi connectivity index (χ0n) is 9.19. The molecule has 15 heavy (non-hydrogen) atoms. The van der Waals surface area contributed by atoms with Gasteiger partial charge in [0.2, 0.25) is 0 Å². The summed E-state index contributed by atoms with van der Waals surface area (Å²) in [4.78, 5) is 10.8. The van der Waals surface area contributed by atoms with E-state index in [-0.39, 0.29) is 0 Å². The molecule has 4 heteroatoms. The van der Waals surface area contributed by atoms with Crippen LogP contribution in [0.5, 0.6) is 0 Å². The molecule has 1 aliphatic rings. The molecule has 2 rings (SSSR count). The summed E-state index contributed by atoms with van der Waals surface area (Å²) in [5.41, 5.74) is 0. The van der Waals surface area contributed by atoms with Crippen molar-refractivity contribution in [2.45, 2.75) is 25.8 Å². The topological polar surface area (TPSA) is 41.0 Å². The first-order valence-corrected chi connectivity index (χ1v) is 5.63. The quantitative estimate of drug-likeness (QED) is 0.808. The molecular weight excluding hydrogens is 188 g/mol. The summed E-state index contributed by atoms with van der Waals surface area (Å²) in [6, 6.07) is 0.535. The average molecular weight is 206 g/mol. The fraction of sp³-hybridized carbons (Fsp3) is 0.636. The lowest BCUT2D eigenvalue weighted by molar-refractivity contribution is 0.337. The Hall–Kier alpha value is -1.16. The third-order valence-electron chi connectivity index (χ3n) is 2.73. The van der Waals surface area contributed by atoms with Crippen molar-refractivity contribution in [1.82, 2.24) is 14.9 Å². The predicted molar refractivity (Wildman–Crippen MR) is 60.8 cm³/mol. The van der Waals surface area contributed by atoms with E-state index in [1.165, 1.54) is 25.9 Å². The average Bonchev–Trinajstić information content (AvgIpc) is 2.68. The third kappa shape index (κ3) is 2.89. The molecule has 2 heterocycles. The molecule has 0 spiro atoms. The van der Waals surface area contributed by atoms with Crippen molar-refractivity contribution >= 4 is 5.82 Å². The van der Waals surface area contributed by atoms with E-state index in [9.17, 15) is 0 Å². The largest absolute Gasteiger partial charge is 0.365 e. The highest BCUT2D eigenvalue weighted by Crippen LogP contribution is 2.13. The van der Waals surface area contributed by atoms with Gasteiger partial charge in [-0.1, -0.05) is 6.92 Å². The Kier molecular flexibility index (Phi) is 3.50. The highest BCUT2D eigenvalue weighted by molar-refractivity contribution is 5.31. The van der Waals surface area contributed by atoms with Crippen molar-refractivity contribution in [2.75, 3.05) is 25.0 Å². The molecule has 4 nitrogen and oxygen atoms in total. The Morgan fingerprint density at radius 2 is 2.47 bits per heavy atom. The van der Waals surface area contributed by atoms with Crippen LogP contribution in [0.1, 0.15) is 19.8 Å². The molecular formula is C11H18N4. The van der Waals surface area contributed by atoms with E-state index in [1.54, 1.807) is 18.6 Å².